The fraction of sp³-hybridized carbons (Fsp3) is 0.913. The molecule has 24 heavy (non-hydrogen) atoms. The zero-order chi connectivity index (χ0) is 17.7. The van der Waals surface area contributed by atoms with Gasteiger partial charge in [-0.2, -0.15) is 5.26 Å². The molecule has 0 fully saturated rings. The van der Waals surface area contributed by atoms with E-state index in [1.807, 2.05) is 0 Å². The Morgan fingerprint density at radius 2 is 0.875 bits per heavy atom. The van der Waals surface area contributed by atoms with E-state index in [0.717, 1.165) is 6.42 Å². The van der Waals surface area contributed by atoms with Gasteiger partial charge in [-0.15, -0.1) is 0 Å². The van der Waals surface area contributed by atoms with Gasteiger partial charge in [-0.3, -0.25) is 0 Å². The van der Waals surface area contributed by atoms with Gasteiger partial charge in [0.05, 0.1) is 6.07 Å². The average Bonchev–Trinajstić information content (AvgIpc) is 2.60. The van der Waals surface area contributed by atoms with E-state index in [2.05, 4.69) is 19.9 Å². The van der Waals surface area contributed by atoms with Crippen molar-refractivity contribution in [2.24, 2.45) is 5.92 Å². The molecule has 0 aromatic rings. The Labute approximate surface area is 153 Å². The molecule has 0 rings (SSSR count). The van der Waals surface area contributed by atoms with E-state index >= 15 is 0 Å². The lowest BCUT2D eigenvalue weighted by atomic mass is 10.0. The monoisotopic (exact) mass is 334 g/mol. The zero-order valence-corrected chi connectivity index (χ0v) is 16.7. The van der Waals surface area contributed by atoms with E-state index in [9.17, 15) is 0 Å². The first-order chi connectivity index (χ1) is 11.8. The van der Waals surface area contributed by atoms with Crippen molar-refractivity contribution in [3.63, 3.8) is 0 Å². The molecule has 0 aromatic carbocycles. The first-order valence-corrected chi connectivity index (χ1v) is 11.0. The van der Waals surface area contributed by atoms with Crippen LogP contribution in [0.15, 0.2) is 0 Å². The molecule has 0 saturated carbocycles. The van der Waals surface area contributed by atoms with Gasteiger partial charge in [0, 0.05) is 5.92 Å². The van der Waals surface area contributed by atoms with Crippen LogP contribution in [-0.4, -0.2) is 0 Å². The highest BCUT2D eigenvalue weighted by Crippen LogP contribution is 2.15. The third-order valence-corrected chi connectivity index (χ3v) is 5.09. The van der Waals surface area contributed by atoms with Crippen molar-refractivity contribution in [1.29, 1.82) is 5.26 Å². The zero-order valence-electron chi connectivity index (χ0n) is 16.7. The molecule has 1 unspecified atom stereocenters. The minimum absolute atomic E-state index is 0.00561. The highest BCUT2D eigenvalue weighted by Gasteiger charge is 1.99. The first kappa shape index (κ1) is 23.5. The largest absolute Gasteiger partial charge is 0.198 e. The molecule has 0 aliphatic carbocycles. The van der Waals surface area contributed by atoms with E-state index in [0.29, 0.717) is 0 Å². The number of hydrogen-bond donors (Lipinski definition) is 0. The van der Waals surface area contributed by atoms with Gasteiger partial charge in [0.1, 0.15) is 0 Å². The van der Waals surface area contributed by atoms with Gasteiger partial charge in [-0.05, 0) is 13.3 Å². The van der Waals surface area contributed by atoms with E-state index in [4.69, 9.17) is 5.26 Å². The quantitative estimate of drug-likeness (QED) is 0.217. The molecule has 141 valence electrons. The molecule has 0 heterocycles. The average molecular weight is 335 g/mol. The van der Waals surface area contributed by atoms with Crippen LogP contribution in [0.3, 0.4) is 0 Å². The Balaban J connectivity index is 2.99. The summed E-state index contributed by atoms with van der Waals surface area (Å²) in [6.07, 6.45) is 26.4. The molecule has 1 radical (unpaired) electrons. The molecule has 0 aliphatic rings. The molecule has 0 amide bonds. The molecule has 0 N–H and O–H groups in total. The summed E-state index contributed by atoms with van der Waals surface area (Å²) in [6, 6.07) is 2.21. The smallest absolute Gasteiger partial charge is 0.0655 e. The number of nitriles is 1. The lowest BCUT2D eigenvalue weighted by Crippen LogP contribution is -1.90. The molecule has 1 nitrogen and oxygen atoms in total. The Morgan fingerprint density at radius 3 is 1.17 bits per heavy atom. The van der Waals surface area contributed by atoms with E-state index in [-0.39, 0.29) is 5.92 Å². The highest BCUT2D eigenvalue weighted by atomic mass is 14.3. The molecule has 0 spiro atoms. The summed E-state index contributed by atoms with van der Waals surface area (Å²) in [5.74, 6) is 0.00561. The van der Waals surface area contributed by atoms with Crippen LogP contribution in [0, 0.1) is 24.2 Å². The van der Waals surface area contributed by atoms with Gasteiger partial charge < -0.3 is 0 Å². The fourth-order valence-corrected chi connectivity index (χ4v) is 3.36. The summed E-state index contributed by atoms with van der Waals surface area (Å²) >= 11 is 0. The third kappa shape index (κ3) is 19.5. The van der Waals surface area contributed by atoms with Crippen LogP contribution in [0.2, 0.25) is 0 Å². The predicted molar refractivity (Wildman–Crippen MR) is 108 cm³/mol. The van der Waals surface area contributed by atoms with Crippen molar-refractivity contribution >= 4 is 0 Å². The predicted octanol–water partition coefficient (Wildman–Crippen LogP) is 8.39. The van der Waals surface area contributed by atoms with Crippen LogP contribution in [-0.2, 0) is 0 Å². The SMILES string of the molecule is [CH2]C(C#N)CCCCCCCCCCCCCCCCCCCC. The maximum atomic E-state index is 8.67. The summed E-state index contributed by atoms with van der Waals surface area (Å²) in [6.45, 7) is 6.10. The first-order valence-electron chi connectivity index (χ1n) is 11.0. The van der Waals surface area contributed by atoms with Crippen LogP contribution in [0.4, 0.5) is 0 Å². The summed E-state index contributed by atoms with van der Waals surface area (Å²) in [5.41, 5.74) is 0. The fourth-order valence-electron chi connectivity index (χ4n) is 3.36. The second kappa shape index (κ2) is 20.5. The van der Waals surface area contributed by atoms with Crippen molar-refractivity contribution < 1.29 is 0 Å². The van der Waals surface area contributed by atoms with Gasteiger partial charge in [0.25, 0.3) is 0 Å². The third-order valence-electron chi connectivity index (χ3n) is 5.09. The van der Waals surface area contributed by atoms with Crippen molar-refractivity contribution in [2.45, 2.75) is 129 Å². The molecule has 0 aliphatic heterocycles. The lowest BCUT2D eigenvalue weighted by Gasteiger charge is -2.04. The lowest BCUT2D eigenvalue weighted by molar-refractivity contribution is 0.520. The van der Waals surface area contributed by atoms with E-state index in [1.165, 1.54) is 116 Å². The molecule has 0 bridgehead atoms. The summed E-state index contributed by atoms with van der Waals surface area (Å²) in [7, 11) is 0. The van der Waals surface area contributed by atoms with Gasteiger partial charge in [0.2, 0.25) is 0 Å². The molecular formula is C23H44N. The molecule has 0 saturated heterocycles. The van der Waals surface area contributed by atoms with Gasteiger partial charge in [-0.25, -0.2) is 0 Å². The Bertz CT molecular complexity index is 266. The standard InChI is InChI=1S/C23H44N/c1-3-4-5-6-7-8-9-10-11-12-13-14-15-16-17-18-19-20-21-23(2)22-24/h23H,2-21H2,1H3. The minimum Gasteiger partial charge on any atom is -0.198 e. The number of nitrogens with zero attached hydrogens (tertiary/aromatic N) is 1. The topological polar surface area (TPSA) is 23.8 Å². The van der Waals surface area contributed by atoms with Crippen LogP contribution in [0.1, 0.15) is 129 Å². The van der Waals surface area contributed by atoms with E-state index < -0.39 is 0 Å². The number of unbranched alkanes of at least 4 members (excludes halogenated alkanes) is 17. The summed E-state index contributed by atoms with van der Waals surface area (Å²) < 4.78 is 0. The Hall–Kier alpha value is -0.510. The van der Waals surface area contributed by atoms with Gasteiger partial charge in [0.15, 0.2) is 0 Å². The maximum absolute atomic E-state index is 8.67. The van der Waals surface area contributed by atoms with Gasteiger partial charge >= 0.3 is 0 Å². The number of hydrogen-bond acceptors (Lipinski definition) is 1. The van der Waals surface area contributed by atoms with E-state index in [1.54, 1.807) is 0 Å². The van der Waals surface area contributed by atoms with Crippen molar-refractivity contribution in [1.82, 2.24) is 0 Å². The van der Waals surface area contributed by atoms with Crippen molar-refractivity contribution in [3.8, 4) is 6.07 Å². The normalized spacial score (nSPS) is 12.2. The summed E-state index contributed by atoms with van der Waals surface area (Å²) in [4.78, 5) is 0. The maximum Gasteiger partial charge on any atom is 0.0655 e. The molecule has 1 heteroatoms. The van der Waals surface area contributed by atoms with Crippen LogP contribution in [0.5, 0.6) is 0 Å². The Kier molecular flexibility index (Phi) is 20.1. The van der Waals surface area contributed by atoms with Crippen molar-refractivity contribution in [3.05, 3.63) is 6.92 Å². The highest BCUT2D eigenvalue weighted by molar-refractivity contribution is 4.83. The number of rotatable bonds is 19. The van der Waals surface area contributed by atoms with Crippen LogP contribution >= 0.6 is 0 Å². The van der Waals surface area contributed by atoms with Gasteiger partial charge in [-0.1, -0.05) is 122 Å². The second-order valence-corrected chi connectivity index (χ2v) is 7.63. The molecule has 0 aromatic heterocycles. The second-order valence-electron chi connectivity index (χ2n) is 7.63. The van der Waals surface area contributed by atoms with Crippen molar-refractivity contribution in [2.75, 3.05) is 0 Å². The molecular weight excluding hydrogens is 290 g/mol. The van der Waals surface area contributed by atoms with Crippen LogP contribution in [0.25, 0.3) is 0 Å². The summed E-state index contributed by atoms with van der Waals surface area (Å²) in [5, 5.41) is 8.67. The Morgan fingerprint density at radius 1 is 0.583 bits per heavy atom. The minimum atomic E-state index is 0.00561. The molecule has 1 atom stereocenters. The van der Waals surface area contributed by atoms with Crippen LogP contribution < -0.4 is 0 Å².